The standard InChI is InChI=1S/C18H25NO5/c1-23-15-11-7-9-13(16(15)24-2)17(20)19-14-10-6-4-3-5-8-12(14)18(21)22/h7,9,11-12,14H,3-6,8,10H2,1-2H3,(H,19,20)(H,21,22). The first-order chi connectivity index (χ1) is 11.6. The third-order valence-corrected chi connectivity index (χ3v) is 4.55. The van der Waals surface area contributed by atoms with Gasteiger partial charge >= 0.3 is 5.97 Å². The van der Waals surface area contributed by atoms with Crippen LogP contribution in [-0.4, -0.2) is 37.2 Å². The summed E-state index contributed by atoms with van der Waals surface area (Å²) in [6.07, 6.45) is 5.19. The minimum Gasteiger partial charge on any atom is -0.493 e. The Morgan fingerprint density at radius 2 is 1.79 bits per heavy atom. The molecule has 2 N–H and O–H groups in total. The Morgan fingerprint density at radius 1 is 1.08 bits per heavy atom. The Bertz CT molecular complexity index is 587. The van der Waals surface area contributed by atoms with Crippen molar-refractivity contribution in [3.8, 4) is 11.5 Å². The second-order valence-corrected chi connectivity index (χ2v) is 6.06. The van der Waals surface area contributed by atoms with Crippen molar-refractivity contribution in [1.29, 1.82) is 0 Å². The van der Waals surface area contributed by atoms with Crippen LogP contribution < -0.4 is 14.8 Å². The van der Waals surface area contributed by atoms with Crippen LogP contribution in [0.1, 0.15) is 48.9 Å². The SMILES string of the molecule is COc1cccc(C(=O)NC2CCCCCCC2C(=O)O)c1OC. The van der Waals surface area contributed by atoms with Crippen LogP contribution in [0.25, 0.3) is 0 Å². The summed E-state index contributed by atoms with van der Waals surface area (Å²) >= 11 is 0. The van der Waals surface area contributed by atoms with E-state index in [2.05, 4.69) is 5.32 Å². The predicted molar refractivity (Wildman–Crippen MR) is 89.6 cm³/mol. The average molecular weight is 335 g/mol. The van der Waals surface area contributed by atoms with E-state index in [0.717, 1.165) is 25.7 Å². The number of aliphatic carboxylic acids is 1. The maximum Gasteiger partial charge on any atom is 0.308 e. The number of carboxylic acids is 1. The van der Waals surface area contributed by atoms with Gasteiger partial charge in [-0.2, -0.15) is 0 Å². The van der Waals surface area contributed by atoms with Crippen molar-refractivity contribution in [2.24, 2.45) is 5.92 Å². The van der Waals surface area contributed by atoms with Crippen molar-refractivity contribution in [3.05, 3.63) is 23.8 Å². The maximum absolute atomic E-state index is 12.7. The molecule has 0 bridgehead atoms. The summed E-state index contributed by atoms with van der Waals surface area (Å²) in [7, 11) is 2.99. The number of carboxylic acid groups (broad SMARTS) is 1. The topological polar surface area (TPSA) is 84.9 Å². The number of benzene rings is 1. The minimum absolute atomic E-state index is 0.331. The molecule has 2 atom stereocenters. The molecule has 2 unspecified atom stereocenters. The molecule has 0 saturated heterocycles. The van der Waals surface area contributed by atoms with Gasteiger partial charge in [-0.1, -0.05) is 31.7 Å². The van der Waals surface area contributed by atoms with Gasteiger partial charge in [0, 0.05) is 6.04 Å². The Labute approximate surface area is 142 Å². The van der Waals surface area contributed by atoms with Crippen molar-refractivity contribution < 1.29 is 24.2 Å². The molecule has 0 heterocycles. The maximum atomic E-state index is 12.7. The third kappa shape index (κ3) is 4.19. The molecular formula is C18H25NO5. The molecule has 1 saturated carbocycles. The Hall–Kier alpha value is -2.24. The van der Waals surface area contributed by atoms with E-state index in [1.807, 2.05) is 0 Å². The summed E-state index contributed by atoms with van der Waals surface area (Å²) in [4.78, 5) is 24.3. The predicted octanol–water partition coefficient (Wildman–Crippen LogP) is 2.86. The molecule has 1 aliphatic carbocycles. The number of carbonyl (C=O) groups excluding carboxylic acids is 1. The number of amides is 1. The number of ether oxygens (including phenoxy) is 2. The highest BCUT2D eigenvalue weighted by molar-refractivity contribution is 5.98. The number of nitrogens with one attached hydrogen (secondary N) is 1. The van der Waals surface area contributed by atoms with Gasteiger partial charge in [-0.25, -0.2) is 0 Å². The van der Waals surface area contributed by atoms with E-state index in [4.69, 9.17) is 9.47 Å². The van der Waals surface area contributed by atoms with Crippen LogP contribution in [0.4, 0.5) is 0 Å². The molecule has 0 spiro atoms. The molecule has 1 fully saturated rings. The van der Waals surface area contributed by atoms with Gasteiger partial charge in [0.15, 0.2) is 11.5 Å². The number of hydrogen-bond donors (Lipinski definition) is 2. The molecule has 1 aliphatic rings. The molecule has 132 valence electrons. The number of para-hydroxylation sites is 1. The highest BCUT2D eigenvalue weighted by atomic mass is 16.5. The fourth-order valence-corrected chi connectivity index (χ4v) is 3.26. The molecule has 1 aromatic rings. The Morgan fingerprint density at radius 3 is 2.42 bits per heavy atom. The van der Waals surface area contributed by atoms with E-state index in [-0.39, 0.29) is 11.9 Å². The number of rotatable bonds is 5. The van der Waals surface area contributed by atoms with Gasteiger partial charge in [-0.15, -0.1) is 0 Å². The summed E-state index contributed by atoms with van der Waals surface area (Å²) < 4.78 is 10.5. The van der Waals surface area contributed by atoms with Gasteiger partial charge in [0.1, 0.15) is 0 Å². The molecule has 2 rings (SSSR count). The summed E-state index contributed by atoms with van der Waals surface area (Å²) in [5.41, 5.74) is 0.350. The second kappa shape index (κ2) is 8.57. The van der Waals surface area contributed by atoms with Crippen molar-refractivity contribution in [2.45, 2.75) is 44.6 Å². The minimum atomic E-state index is -0.847. The highest BCUT2D eigenvalue weighted by Gasteiger charge is 2.31. The highest BCUT2D eigenvalue weighted by Crippen LogP contribution is 2.31. The monoisotopic (exact) mass is 335 g/mol. The number of carbonyl (C=O) groups is 2. The molecule has 0 aromatic heterocycles. The van der Waals surface area contributed by atoms with E-state index >= 15 is 0 Å². The van der Waals surface area contributed by atoms with Gasteiger partial charge < -0.3 is 19.9 Å². The molecule has 0 radical (unpaired) electrons. The van der Waals surface area contributed by atoms with Gasteiger partial charge in [0.05, 0.1) is 25.7 Å². The van der Waals surface area contributed by atoms with Gasteiger partial charge in [0.2, 0.25) is 0 Å². The van der Waals surface area contributed by atoms with Crippen molar-refractivity contribution >= 4 is 11.9 Å². The van der Waals surface area contributed by atoms with Crippen LogP contribution in [0, 0.1) is 5.92 Å². The van der Waals surface area contributed by atoms with Crippen molar-refractivity contribution in [2.75, 3.05) is 14.2 Å². The van der Waals surface area contributed by atoms with E-state index in [1.165, 1.54) is 14.2 Å². The zero-order valence-corrected chi connectivity index (χ0v) is 14.2. The van der Waals surface area contributed by atoms with E-state index in [0.29, 0.717) is 29.9 Å². The molecule has 24 heavy (non-hydrogen) atoms. The number of methoxy groups -OCH3 is 2. The lowest BCUT2D eigenvalue weighted by atomic mass is 9.86. The summed E-state index contributed by atoms with van der Waals surface area (Å²) in [5, 5.41) is 12.4. The third-order valence-electron chi connectivity index (χ3n) is 4.55. The van der Waals surface area contributed by atoms with Crippen LogP contribution in [0.15, 0.2) is 18.2 Å². The van der Waals surface area contributed by atoms with Gasteiger partial charge in [-0.05, 0) is 25.0 Å². The van der Waals surface area contributed by atoms with Crippen LogP contribution in [0.5, 0.6) is 11.5 Å². The van der Waals surface area contributed by atoms with Crippen molar-refractivity contribution in [3.63, 3.8) is 0 Å². The molecule has 6 heteroatoms. The van der Waals surface area contributed by atoms with Gasteiger partial charge in [-0.3, -0.25) is 9.59 Å². The Balaban J connectivity index is 2.21. The first kappa shape index (κ1) is 18.1. The fraction of sp³-hybridized carbons (Fsp3) is 0.556. The fourth-order valence-electron chi connectivity index (χ4n) is 3.26. The summed E-state index contributed by atoms with van der Waals surface area (Å²) in [6, 6.07) is 4.70. The second-order valence-electron chi connectivity index (χ2n) is 6.06. The van der Waals surface area contributed by atoms with Crippen LogP contribution in [0.2, 0.25) is 0 Å². The van der Waals surface area contributed by atoms with E-state index in [9.17, 15) is 14.7 Å². The lowest BCUT2D eigenvalue weighted by Crippen LogP contribution is -2.44. The zero-order valence-electron chi connectivity index (χ0n) is 14.2. The zero-order chi connectivity index (χ0) is 17.5. The molecular weight excluding hydrogens is 310 g/mol. The smallest absolute Gasteiger partial charge is 0.308 e. The largest absolute Gasteiger partial charge is 0.493 e. The van der Waals surface area contributed by atoms with Gasteiger partial charge in [0.25, 0.3) is 5.91 Å². The van der Waals surface area contributed by atoms with E-state index in [1.54, 1.807) is 18.2 Å². The first-order valence-electron chi connectivity index (χ1n) is 8.33. The Kier molecular flexibility index (Phi) is 6.46. The van der Waals surface area contributed by atoms with Crippen LogP contribution >= 0.6 is 0 Å². The normalized spacial score (nSPS) is 21.2. The lowest BCUT2D eigenvalue weighted by Gasteiger charge is -2.27. The first-order valence-corrected chi connectivity index (χ1v) is 8.33. The molecule has 6 nitrogen and oxygen atoms in total. The summed E-state index contributed by atoms with van der Waals surface area (Å²) in [5.74, 6) is -0.902. The van der Waals surface area contributed by atoms with Crippen molar-refractivity contribution in [1.82, 2.24) is 5.32 Å². The quantitative estimate of drug-likeness (QED) is 0.864. The molecule has 0 aliphatic heterocycles. The average Bonchev–Trinajstić information content (AvgIpc) is 2.55. The van der Waals surface area contributed by atoms with Crippen LogP contribution in [0.3, 0.4) is 0 Å². The van der Waals surface area contributed by atoms with Crippen LogP contribution in [-0.2, 0) is 4.79 Å². The van der Waals surface area contributed by atoms with E-state index < -0.39 is 11.9 Å². The molecule has 1 amide bonds. The lowest BCUT2D eigenvalue weighted by molar-refractivity contribution is -0.143. The molecule has 1 aromatic carbocycles. The summed E-state index contributed by atoms with van der Waals surface area (Å²) in [6.45, 7) is 0. The number of hydrogen-bond acceptors (Lipinski definition) is 4.